The van der Waals surface area contributed by atoms with Crippen LogP contribution in [0.2, 0.25) is 5.02 Å². The number of para-hydroxylation sites is 1. The summed E-state index contributed by atoms with van der Waals surface area (Å²) >= 11 is 10.1. The lowest BCUT2D eigenvalue weighted by Gasteiger charge is -2.15. The van der Waals surface area contributed by atoms with E-state index in [1.54, 1.807) is 30.5 Å². The van der Waals surface area contributed by atoms with Gasteiger partial charge in [-0.1, -0.05) is 66.7 Å². The topological polar surface area (TPSA) is 65.7 Å². The summed E-state index contributed by atoms with van der Waals surface area (Å²) in [6, 6.07) is 18.4. The molecule has 0 N–H and O–H groups in total. The first-order valence-electron chi connectivity index (χ1n) is 10.5. The quantitative estimate of drug-likeness (QED) is 0.194. The van der Waals surface area contributed by atoms with E-state index < -0.39 is 0 Å². The van der Waals surface area contributed by atoms with E-state index in [9.17, 15) is 4.79 Å². The molecule has 8 heteroatoms. The summed E-state index contributed by atoms with van der Waals surface area (Å²) in [5.74, 6) is 1.30. The molecule has 0 amide bonds. The molecule has 0 saturated carbocycles. The summed E-state index contributed by atoms with van der Waals surface area (Å²) < 4.78 is 13.3. The van der Waals surface area contributed by atoms with Gasteiger partial charge in [-0.25, -0.2) is 4.98 Å². The van der Waals surface area contributed by atoms with Gasteiger partial charge in [0.25, 0.3) is 5.56 Å². The van der Waals surface area contributed by atoms with E-state index in [-0.39, 0.29) is 12.2 Å². The molecular weight excluding hydrogens is 518 g/mol. The Morgan fingerprint density at radius 2 is 1.88 bits per heavy atom. The molecule has 4 rings (SSSR count). The van der Waals surface area contributed by atoms with Gasteiger partial charge >= 0.3 is 0 Å². The number of hydrogen-bond acceptors (Lipinski definition) is 5. The molecule has 6 nitrogen and oxygen atoms in total. The molecular formula is C26H21BrClN3O3. The lowest BCUT2D eigenvalue weighted by Crippen LogP contribution is -2.20. The van der Waals surface area contributed by atoms with Crippen LogP contribution in [0.15, 0.2) is 87.7 Å². The Balaban J connectivity index is 1.88. The average molecular weight is 539 g/mol. The SMILES string of the molecule is C=CCOc1c(OCC)cc(C=Nn2c(-c3ccccc3)nc3ccccc3c2=O)c(Br)c1Cl. The monoisotopic (exact) mass is 537 g/mol. The Kier molecular flexibility index (Phi) is 7.45. The summed E-state index contributed by atoms with van der Waals surface area (Å²) in [5, 5.41) is 5.32. The maximum absolute atomic E-state index is 13.4. The molecule has 4 aromatic rings. The highest BCUT2D eigenvalue weighted by molar-refractivity contribution is 9.10. The molecule has 0 fully saturated rings. The van der Waals surface area contributed by atoms with Crippen LogP contribution in [-0.2, 0) is 0 Å². The smallest absolute Gasteiger partial charge is 0.282 e. The maximum atomic E-state index is 13.4. The van der Waals surface area contributed by atoms with Crippen molar-refractivity contribution >= 4 is 44.6 Å². The molecule has 1 aromatic heterocycles. The Morgan fingerprint density at radius 3 is 2.62 bits per heavy atom. The third-order valence-corrected chi connectivity index (χ3v) is 6.34. The molecule has 1 heterocycles. The maximum Gasteiger partial charge on any atom is 0.282 e. The first-order valence-corrected chi connectivity index (χ1v) is 11.7. The minimum absolute atomic E-state index is 0.276. The second kappa shape index (κ2) is 10.7. The van der Waals surface area contributed by atoms with Gasteiger partial charge in [-0.2, -0.15) is 9.78 Å². The van der Waals surface area contributed by atoms with Crippen LogP contribution in [-0.4, -0.2) is 29.1 Å². The van der Waals surface area contributed by atoms with Gasteiger partial charge in [0.2, 0.25) is 0 Å². The molecule has 172 valence electrons. The summed E-state index contributed by atoms with van der Waals surface area (Å²) in [4.78, 5) is 18.1. The van der Waals surface area contributed by atoms with Crippen LogP contribution in [0, 0.1) is 0 Å². The molecule has 0 unspecified atom stereocenters. The number of hydrogen-bond donors (Lipinski definition) is 0. The van der Waals surface area contributed by atoms with Gasteiger partial charge in [0.15, 0.2) is 17.3 Å². The van der Waals surface area contributed by atoms with Crippen molar-refractivity contribution in [1.29, 1.82) is 0 Å². The van der Waals surface area contributed by atoms with Crippen LogP contribution >= 0.6 is 27.5 Å². The molecule has 0 radical (unpaired) electrons. The van der Waals surface area contributed by atoms with E-state index in [2.05, 4.69) is 27.6 Å². The van der Waals surface area contributed by atoms with Crippen molar-refractivity contribution in [3.8, 4) is 22.9 Å². The molecule has 0 aliphatic heterocycles. The lowest BCUT2D eigenvalue weighted by atomic mass is 10.2. The van der Waals surface area contributed by atoms with Gasteiger partial charge < -0.3 is 9.47 Å². The van der Waals surface area contributed by atoms with Crippen molar-refractivity contribution in [3.63, 3.8) is 0 Å². The number of halogens is 2. The first kappa shape index (κ1) is 23.7. The van der Waals surface area contributed by atoms with Crippen LogP contribution in [0.4, 0.5) is 0 Å². The Hall–Kier alpha value is -3.42. The zero-order chi connectivity index (χ0) is 24.1. The van der Waals surface area contributed by atoms with Crippen LogP contribution in [0.3, 0.4) is 0 Å². The summed E-state index contributed by atoms with van der Waals surface area (Å²) in [6.45, 7) is 6.23. The number of aromatic nitrogens is 2. The second-order valence-corrected chi connectivity index (χ2v) is 8.30. The van der Waals surface area contributed by atoms with Gasteiger partial charge in [0.05, 0.1) is 23.7 Å². The molecule has 0 aliphatic carbocycles. The second-order valence-electron chi connectivity index (χ2n) is 7.13. The van der Waals surface area contributed by atoms with E-state index in [1.807, 2.05) is 49.4 Å². The van der Waals surface area contributed by atoms with Gasteiger partial charge in [0, 0.05) is 15.6 Å². The minimum Gasteiger partial charge on any atom is -0.490 e. The summed E-state index contributed by atoms with van der Waals surface area (Å²) in [6.07, 6.45) is 3.17. The fourth-order valence-electron chi connectivity index (χ4n) is 3.36. The molecule has 0 saturated heterocycles. The molecule has 0 aliphatic rings. The van der Waals surface area contributed by atoms with E-state index in [0.717, 1.165) is 5.56 Å². The van der Waals surface area contributed by atoms with Crippen LogP contribution in [0.1, 0.15) is 12.5 Å². The highest BCUT2D eigenvalue weighted by atomic mass is 79.9. The van der Waals surface area contributed by atoms with Gasteiger partial charge in [-0.05, 0) is 41.1 Å². The van der Waals surface area contributed by atoms with Crippen molar-refractivity contribution in [1.82, 2.24) is 9.66 Å². The normalized spacial score (nSPS) is 11.1. The van der Waals surface area contributed by atoms with E-state index in [0.29, 0.717) is 49.9 Å². The van der Waals surface area contributed by atoms with Crippen molar-refractivity contribution in [2.75, 3.05) is 13.2 Å². The fourth-order valence-corrected chi connectivity index (χ4v) is 4.02. The first-order chi connectivity index (χ1) is 16.5. The molecule has 0 atom stereocenters. The van der Waals surface area contributed by atoms with E-state index in [4.69, 9.17) is 26.1 Å². The third-order valence-electron chi connectivity index (χ3n) is 4.90. The standard InChI is InChI=1S/C26H21BrClN3O3/c1-3-14-34-24-21(33-4-2)15-18(22(27)23(24)28)16-29-31-25(17-10-6-5-7-11-17)30-20-13-9-8-12-19(20)26(31)32/h3,5-13,15-16H,1,4,14H2,2H3. The highest BCUT2D eigenvalue weighted by Gasteiger charge is 2.18. The van der Waals surface area contributed by atoms with Crippen molar-refractivity contribution in [3.05, 3.63) is 98.7 Å². The number of fused-ring (bicyclic) bond motifs is 1. The number of nitrogens with zero attached hydrogens (tertiary/aromatic N) is 3. The third kappa shape index (κ3) is 4.76. The summed E-state index contributed by atoms with van der Waals surface area (Å²) in [5.41, 5.74) is 1.70. The van der Waals surface area contributed by atoms with Gasteiger partial charge in [-0.15, -0.1) is 0 Å². The largest absolute Gasteiger partial charge is 0.490 e. The van der Waals surface area contributed by atoms with Crippen molar-refractivity contribution in [2.45, 2.75) is 6.92 Å². The predicted octanol–water partition coefficient (Wildman–Crippen LogP) is 6.33. The number of benzene rings is 3. The Bertz CT molecular complexity index is 1440. The fraction of sp³-hybridized carbons (Fsp3) is 0.115. The molecule has 3 aromatic carbocycles. The van der Waals surface area contributed by atoms with Crippen molar-refractivity contribution < 1.29 is 9.47 Å². The van der Waals surface area contributed by atoms with Gasteiger partial charge in [0.1, 0.15) is 11.6 Å². The molecule has 0 spiro atoms. The Morgan fingerprint density at radius 1 is 1.15 bits per heavy atom. The lowest BCUT2D eigenvalue weighted by molar-refractivity contribution is 0.297. The van der Waals surface area contributed by atoms with Crippen molar-refractivity contribution in [2.24, 2.45) is 5.10 Å². The van der Waals surface area contributed by atoms with Crippen LogP contribution < -0.4 is 15.0 Å². The van der Waals surface area contributed by atoms with Crippen LogP contribution in [0.5, 0.6) is 11.5 Å². The Labute approximate surface area is 210 Å². The summed E-state index contributed by atoms with van der Waals surface area (Å²) in [7, 11) is 0. The minimum atomic E-state index is -0.279. The highest BCUT2D eigenvalue weighted by Crippen LogP contribution is 2.42. The number of ether oxygens (including phenoxy) is 2. The van der Waals surface area contributed by atoms with E-state index in [1.165, 1.54) is 4.68 Å². The molecule has 34 heavy (non-hydrogen) atoms. The predicted molar refractivity (Wildman–Crippen MR) is 140 cm³/mol. The molecule has 0 bridgehead atoms. The zero-order valence-corrected chi connectivity index (χ0v) is 20.7. The average Bonchev–Trinajstić information content (AvgIpc) is 2.86. The van der Waals surface area contributed by atoms with Crippen LogP contribution in [0.25, 0.3) is 22.3 Å². The van der Waals surface area contributed by atoms with Gasteiger partial charge in [-0.3, -0.25) is 4.79 Å². The zero-order valence-electron chi connectivity index (χ0n) is 18.4. The van der Waals surface area contributed by atoms with E-state index >= 15 is 0 Å². The number of rotatable bonds is 8.